The number of rotatable bonds is 5. The molecule has 0 aliphatic carbocycles. The van der Waals surface area contributed by atoms with Gasteiger partial charge in [0.15, 0.2) is 0 Å². The maximum absolute atomic E-state index is 11.2. The predicted octanol–water partition coefficient (Wildman–Crippen LogP) is 3.31. The van der Waals surface area contributed by atoms with Crippen LogP contribution in [0.4, 0.5) is 5.69 Å². The third-order valence-corrected chi connectivity index (χ3v) is 2.61. The standard InChI is InChI=1S/C15H21NO2/c1-5-16-15-11(3)9-13(10-12(15)4)7-8-14(17)18-6-2/h7-10,16H,5-6H2,1-4H3. The van der Waals surface area contributed by atoms with Gasteiger partial charge in [0.2, 0.25) is 0 Å². The molecule has 0 aliphatic heterocycles. The van der Waals surface area contributed by atoms with Crippen molar-refractivity contribution < 1.29 is 9.53 Å². The molecule has 0 aliphatic rings. The van der Waals surface area contributed by atoms with Gasteiger partial charge >= 0.3 is 5.97 Å². The summed E-state index contributed by atoms with van der Waals surface area (Å²) in [6, 6.07) is 4.11. The van der Waals surface area contributed by atoms with Crippen molar-refractivity contribution in [1.82, 2.24) is 0 Å². The van der Waals surface area contributed by atoms with E-state index < -0.39 is 0 Å². The molecule has 0 amide bonds. The fraction of sp³-hybridized carbons (Fsp3) is 0.400. The van der Waals surface area contributed by atoms with E-state index in [1.54, 1.807) is 13.0 Å². The summed E-state index contributed by atoms with van der Waals surface area (Å²) in [6.07, 6.45) is 3.25. The average molecular weight is 247 g/mol. The molecular formula is C15H21NO2. The summed E-state index contributed by atoms with van der Waals surface area (Å²) in [5, 5.41) is 3.34. The predicted molar refractivity (Wildman–Crippen MR) is 75.7 cm³/mol. The third-order valence-electron chi connectivity index (χ3n) is 2.61. The number of hydrogen-bond donors (Lipinski definition) is 1. The smallest absolute Gasteiger partial charge is 0.330 e. The first kappa shape index (κ1) is 14.3. The first-order valence-corrected chi connectivity index (χ1v) is 6.28. The van der Waals surface area contributed by atoms with E-state index in [-0.39, 0.29) is 5.97 Å². The Balaban J connectivity index is 2.89. The number of ether oxygens (including phenoxy) is 1. The number of nitrogens with one attached hydrogen (secondary N) is 1. The molecule has 1 aromatic rings. The Morgan fingerprint density at radius 1 is 1.28 bits per heavy atom. The van der Waals surface area contributed by atoms with Crippen LogP contribution in [-0.4, -0.2) is 19.1 Å². The third kappa shape index (κ3) is 3.91. The summed E-state index contributed by atoms with van der Waals surface area (Å²) in [5.41, 5.74) is 4.55. The Labute approximate surface area is 109 Å². The average Bonchev–Trinajstić information content (AvgIpc) is 2.32. The largest absolute Gasteiger partial charge is 0.463 e. The highest BCUT2D eigenvalue weighted by Crippen LogP contribution is 2.22. The number of hydrogen-bond acceptors (Lipinski definition) is 3. The van der Waals surface area contributed by atoms with Crippen molar-refractivity contribution in [2.75, 3.05) is 18.5 Å². The number of carbonyl (C=O) groups excluding carboxylic acids is 1. The molecule has 0 saturated heterocycles. The summed E-state index contributed by atoms with van der Waals surface area (Å²) < 4.78 is 4.85. The number of benzene rings is 1. The molecule has 0 atom stereocenters. The van der Waals surface area contributed by atoms with Gasteiger partial charge in [0.25, 0.3) is 0 Å². The minimum absolute atomic E-state index is 0.302. The fourth-order valence-electron chi connectivity index (χ4n) is 1.90. The van der Waals surface area contributed by atoms with Crippen molar-refractivity contribution >= 4 is 17.7 Å². The first-order valence-electron chi connectivity index (χ1n) is 6.28. The lowest BCUT2D eigenvalue weighted by Gasteiger charge is -2.12. The van der Waals surface area contributed by atoms with E-state index in [1.165, 1.54) is 22.9 Å². The summed E-state index contributed by atoms with van der Waals surface area (Å²) in [4.78, 5) is 11.2. The van der Waals surface area contributed by atoms with Gasteiger partial charge in [-0.15, -0.1) is 0 Å². The van der Waals surface area contributed by atoms with Crippen LogP contribution in [-0.2, 0) is 9.53 Å². The Bertz CT molecular complexity index is 427. The SMILES string of the molecule is CCNc1c(C)cc(C=CC(=O)OCC)cc1C. The van der Waals surface area contributed by atoms with E-state index in [9.17, 15) is 4.79 Å². The molecule has 1 rings (SSSR count). The van der Waals surface area contributed by atoms with Crippen molar-refractivity contribution in [3.05, 3.63) is 34.9 Å². The van der Waals surface area contributed by atoms with E-state index in [0.29, 0.717) is 6.61 Å². The highest BCUT2D eigenvalue weighted by atomic mass is 16.5. The van der Waals surface area contributed by atoms with Gasteiger partial charge in [0.1, 0.15) is 0 Å². The number of carbonyl (C=O) groups is 1. The van der Waals surface area contributed by atoms with Crippen LogP contribution in [0.1, 0.15) is 30.5 Å². The minimum atomic E-state index is -0.302. The summed E-state index contributed by atoms with van der Waals surface area (Å²) in [7, 11) is 0. The Morgan fingerprint density at radius 3 is 2.39 bits per heavy atom. The van der Waals surface area contributed by atoms with Crippen LogP contribution in [0, 0.1) is 13.8 Å². The Kier molecular flexibility index (Phi) is 5.43. The quantitative estimate of drug-likeness (QED) is 0.641. The molecule has 0 fully saturated rings. The van der Waals surface area contributed by atoms with E-state index in [1.807, 2.05) is 0 Å². The van der Waals surface area contributed by atoms with Gasteiger partial charge in [0, 0.05) is 18.3 Å². The fourth-order valence-corrected chi connectivity index (χ4v) is 1.90. The van der Waals surface area contributed by atoms with Gasteiger partial charge in [-0.05, 0) is 62.6 Å². The topological polar surface area (TPSA) is 38.3 Å². The summed E-state index contributed by atoms with van der Waals surface area (Å²) in [6.45, 7) is 9.30. The van der Waals surface area contributed by atoms with Crippen LogP contribution >= 0.6 is 0 Å². The Morgan fingerprint density at radius 2 is 1.89 bits per heavy atom. The summed E-state index contributed by atoms with van der Waals surface area (Å²) >= 11 is 0. The highest BCUT2D eigenvalue weighted by Gasteiger charge is 2.03. The molecule has 0 heterocycles. The Hall–Kier alpha value is -1.77. The summed E-state index contributed by atoms with van der Waals surface area (Å²) in [5.74, 6) is -0.302. The monoisotopic (exact) mass is 247 g/mol. The van der Waals surface area contributed by atoms with Crippen molar-refractivity contribution in [2.45, 2.75) is 27.7 Å². The van der Waals surface area contributed by atoms with Crippen LogP contribution in [0.5, 0.6) is 0 Å². The normalized spacial score (nSPS) is 10.7. The van der Waals surface area contributed by atoms with Gasteiger partial charge in [-0.1, -0.05) is 0 Å². The van der Waals surface area contributed by atoms with Crippen molar-refractivity contribution in [2.24, 2.45) is 0 Å². The van der Waals surface area contributed by atoms with E-state index in [4.69, 9.17) is 4.74 Å². The van der Waals surface area contributed by atoms with Crippen molar-refractivity contribution in [3.8, 4) is 0 Å². The number of anilines is 1. The number of esters is 1. The van der Waals surface area contributed by atoms with Gasteiger partial charge in [-0.2, -0.15) is 0 Å². The van der Waals surface area contributed by atoms with Crippen LogP contribution in [0.3, 0.4) is 0 Å². The van der Waals surface area contributed by atoms with E-state index >= 15 is 0 Å². The molecule has 0 saturated carbocycles. The molecule has 0 bridgehead atoms. The lowest BCUT2D eigenvalue weighted by atomic mass is 10.0. The van der Waals surface area contributed by atoms with Crippen LogP contribution < -0.4 is 5.32 Å². The van der Waals surface area contributed by atoms with E-state index in [0.717, 1.165) is 12.1 Å². The molecule has 0 spiro atoms. The van der Waals surface area contributed by atoms with E-state index in [2.05, 4.69) is 38.2 Å². The zero-order valence-electron chi connectivity index (χ0n) is 11.5. The maximum Gasteiger partial charge on any atom is 0.330 e. The molecule has 0 aromatic heterocycles. The lowest BCUT2D eigenvalue weighted by Crippen LogP contribution is -2.02. The molecule has 3 heteroatoms. The van der Waals surface area contributed by atoms with Crippen LogP contribution in [0.25, 0.3) is 6.08 Å². The van der Waals surface area contributed by atoms with Gasteiger partial charge < -0.3 is 10.1 Å². The molecule has 0 unspecified atom stereocenters. The number of aryl methyl sites for hydroxylation is 2. The zero-order chi connectivity index (χ0) is 13.5. The molecule has 98 valence electrons. The van der Waals surface area contributed by atoms with Gasteiger partial charge in [0.05, 0.1) is 6.61 Å². The molecule has 18 heavy (non-hydrogen) atoms. The highest BCUT2D eigenvalue weighted by molar-refractivity contribution is 5.87. The second kappa shape index (κ2) is 6.84. The van der Waals surface area contributed by atoms with Crippen molar-refractivity contribution in [3.63, 3.8) is 0 Å². The molecule has 3 nitrogen and oxygen atoms in total. The molecule has 1 N–H and O–H groups in total. The minimum Gasteiger partial charge on any atom is -0.463 e. The molecule has 1 aromatic carbocycles. The second-order valence-corrected chi connectivity index (χ2v) is 4.15. The molecular weight excluding hydrogens is 226 g/mol. The van der Waals surface area contributed by atoms with Crippen LogP contribution in [0.2, 0.25) is 0 Å². The van der Waals surface area contributed by atoms with Crippen molar-refractivity contribution in [1.29, 1.82) is 0 Å². The maximum atomic E-state index is 11.2. The molecule has 0 radical (unpaired) electrons. The first-order chi connectivity index (χ1) is 8.58. The lowest BCUT2D eigenvalue weighted by molar-refractivity contribution is -0.137. The van der Waals surface area contributed by atoms with Gasteiger partial charge in [-0.3, -0.25) is 0 Å². The zero-order valence-corrected chi connectivity index (χ0v) is 11.5. The van der Waals surface area contributed by atoms with Crippen LogP contribution in [0.15, 0.2) is 18.2 Å². The second-order valence-electron chi connectivity index (χ2n) is 4.15. The van der Waals surface area contributed by atoms with Gasteiger partial charge in [-0.25, -0.2) is 4.79 Å².